The first kappa shape index (κ1) is 9.83. The molecule has 0 spiro atoms. The van der Waals surface area contributed by atoms with Gasteiger partial charge in [0.25, 0.3) is 0 Å². The maximum Gasteiger partial charge on any atom is 0.0894 e. The zero-order valence-corrected chi connectivity index (χ0v) is 10.3. The zero-order chi connectivity index (χ0) is 9.97. The fourth-order valence-corrected chi connectivity index (χ4v) is 1.88. The Morgan fingerprint density at radius 2 is 1.93 bits per heavy atom. The molecule has 0 N–H and O–H groups in total. The molecule has 1 aliphatic rings. The van der Waals surface area contributed by atoms with Gasteiger partial charge in [-0.05, 0) is 40.3 Å². The summed E-state index contributed by atoms with van der Waals surface area (Å²) < 4.78 is 1.29. The third-order valence-corrected chi connectivity index (χ3v) is 2.95. The van der Waals surface area contributed by atoms with Crippen molar-refractivity contribution in [3.8, 4) is 0 Å². The molecule has 0 saturated heterocycles. The number of benzene rings is 1. The van der Waals surface area contributed by atoms with E-state index in [0.717, 1.165) is 13.2 Å². The van der Waals surface area contributed by atoms with Crippen molar-refractivity contribution < 1.29 is 0 Å². The summed E-state index contributed by atoms with van der Waals surface area (Å²) in [5.41, 5.74) is 1.37. The van der Waals surface area contributed by atoms with Gasteiger partial charge in [-0.3, -0.25) is 0 Å². The van der Waals surface area contributed by atoms with Crippen LogP contribution in [0.1, 0.15) is 5.56 Å². The molecule has 0 aromatic heterocycles. The van der Waals surface area contributed by atoms with Crippen LogP contribution in [0.2, 0.25) is 0 Å². The van der Waals surface area contributed by atoms with Gasteiger partial charge in [0, 0.05) is 29.6 Å². The largest absolute Gasteiger partial charge is 0.362 e. The molecule has 0 saturated carbocycles. The van der Waals surface area contributed by atoms with Crippen molar-refractivity contribution >= 4 is 22.6 Å². The lowest BCUT2D eigenvalue weighted by molar-refractivity contribution is 0.291. The molecule has 0 amide bonds. The van der Waals surface area contributed by atoms with E-state index in [1.165, 1.54) is 9.13 Å². The van der Waals surface area contributed by atoms with Crippen LogP contribution in [0.15, 0.2) is 36.7 Å². The van der Waals surface area contributed by atoms with E-state index in [9.17, 15) is 0 Å². The Labute approximate surface area is 98.3 Å². The summed E-state index contributed by atoms with van der Waals surface area (Å²) in [4.78, 5) is 4.47. The minimum atomic E-state index is 0.992. The molecule has 1 aliphatic heterocycles. The number of hydrogen-bond donors (Lipinski definition) is 0. The van der Waals surface area contributed by atoms with Crippen molar-refractivity contribution in [2.75, 3.05) is 13.7 Å². The predicted molar refractivity (Wildman–Crippen MR) is 66.5 cm³/mol. The highest BCUT2D eigenvalue weighted by Gasteiger charge is 2.07. The molecule has 74 valence electrons. The Morgan fingerprint density at radius 3 is 2.50 bits per heavy atom. The van der Waals surface area contributed by atoms with Crippen molar-refractivity contribution in [1.29, 1.82) is 0 Å². The van der Waals surface area contributed by atoms with Gasteiger partial charge in [-0.15, -0.1) is 0 Å². The molecule has 1 aromatic rings. The van der Waals surface area contributed by atoms with E-state index in [4.69, 9.17) is 0 Å². The second kappa shape index (κ2) is 4.21. The molecular weight excluding hydrogens is 287 g/mol. The first-order chi connectivity index (χ1) is 6.74. The SMILES string of the molecule is CN1C=CN(Cc2ccc(I)cc2)C1. The molecule has 1 aromatic carbocycles. The second-order valence-corrected chi connectivity index (χ2v) is 4.82. The predicted octanol–water partition coefficient (Wildman–Crippen LogP) is 2.47. The second-order valence-electron chi connectivity index (χ2n) is 3.57. The van der Waals surface area contributed by atoms with Crippen LogP contribution in [-0.2, 0) is 6.54 Å². The number of hydrogen-bond acceptors (Lipinski definition) is 2. The maximum absolute atomic E-state index is 2.33. The van der Waals surface area contributed by atoms with Gasteiger partial charge in [-0.1, -0.05) is 12.1 Å². The molecule has 1 heterocycles. The summed E-state index contributed by atoms with van der Waals surface area (Å²) in [5.74, 6) is 0. The Bertz CT molecular complexity index is 332. The fraction of sp³-hybridized carbons (Fsp3) is 0.273. The number of rotatable bonds is 2. The maximum atomic E-state index is 2.33. The average Bonchev–Trinajstić information content (AvgIpc) is 2.56. The van der Waals surface area contributed by atoms with Crippen molar-refractivity contribution in [1.82, 2.24) is 9.80 Å². The highest BCUT2D eigenvalue weighted by Crippen LogP contribution is 2.12. The third-order valence-electron chi connectivity index (χ3n) is 2.24. The summed E-state index contributed by atoms with van der Waals surface area (Å²) in [5, 5.41) is 0. The first-order valence-electron chi connectivity index (χ1n) is 4.61. The summed E-state index contributed by atoms with van der Waals surface area (Å²) in [7, 11) is 2.09. The van der Waals surface area contributed by atoms with E-state index in [1.807, 2.05) is 0 Å². The number of nitrogens with zero attached hydrogens (tertiary/aromatic N) is 2. The van der Waals surface area contributed by atoms with Gasteiger partial charge in [-0.25, -0.2) is 0 Å². The Hall–Kier alpha value is -0.710. The van der Waals surface area contributed by atoms with E-state index in [0.29, 0.717) is 0 Å². The lowest BCUT2D eigenvalue weighted by atomic mass is 10.2. The molecule has 2 rings (SSSR count). The Balaban J connectivity index is 1.98. The van der Waals surface area contributed by atoms with E-state index in [2.05, 4.69) is 76.1 Å². The average molecular weight is 300 g/mol. The summed E-state index contributed by atoms with van der Waals surface area (Å²) in [6, 6.07) is 8.68. The Kier molecular flexibility index (Phi) is 2.96. The molecular formula is C11H13IN2. The first-order valence-corrected chi connectivity index (χ1v) is 5.69. The molecule has 0 unspecified atom stereocenters. The highest BCUT2D eigenvalue weighted by atomic mass is 127. The zero-order valence-electron chi connectivity index (χ0n) is 8.15. The minimum absolute atomic E-state index is 0.992. The molecule has 0 aliphatic carbocycles. The van der Waals surface area contributed by atoms with E-state index < -0.39 is 0 Å². The van der Waals surface area contributed by atoms with Gasteiger partial charge in [0.1, 0.15) is 0 Å². The van der Waals surface area contributed by atoms with E-state index >= 15 is 0 Å². The summed E-state index contributed by atoms with van der Waals surface area (Å²) in [6.45, 7) is 1.99. The van der Waals surface area contributed by atoms with Gasteiger partial charge in [0.2, 0.25) is 0 Å². The van der Waals surface area contributed by atoms with Crippen LogP contribution in [-0.4, -0.2) is 23.5 Å². The molecule has 0 bridgehead atoms. The van der Waals surface area contributed by atoms with Crippen molar-refractivity contribution in [2.24, 2.45) is 0 Å². The van der Waals surface area contributed by atoms with Gasteiger partial charge >= 0.3 is 0 Å². The van der Waals surface area contributed by atoms with Crippen molar-refractivity contribution in [2.45, 2.75) is 6.54 Å². The van der Waals surface area contributed by atoms with Crippen LogP contribution in [0, 0.1) is 3.57 Å². The van der Waals surface area contributed by atoms with Crippen LogP contribution < -0.4 is 0 Å². The summed E-state index contributed by atoms with van der Waals surface area (Å²) >= 11 is 2.33. The van der Waals surface area contributed by atoms with Gasteiger partial charge in [-0.2, -0.15) is 0 Å². The molecule has 2 nitrogen and oxygen atoms in total. The van der Waals surface area contributed by atoms with Crippen LogP contribution in [0.4, 0.5) is 0 Å². The van der Waals surface area contributed by atoms with Gasteiger partial charge in [0.15, 0.2) is 0 Å². The van der Waals surface area contributed by atoms with Crippen LogP contribution in [0.3, 0.4) is 0 Å². The van der Waals surface area contributed by atoms with Crippen molar-refractivity contribution in [3.63, 3.8) is 0 Å². The molecule has 3 heteroatoms. The number of halogens is 1. The third kappa shape index (κ3) is 2.41. The fourth-order valence-electron chi connectivity index (χ4n) is 1.52. The van der Waals surface area contributed by atoms with Gasteiger partial charge in [0.05, 0.1) is 6.67 Å². The lowest BCUT2D eigenvalue weighted by Gasteiger charge is -2.17. The quantitative estimate of drug-likeness (QED) is 0.774. The molecule has 0 fully saturated rings. The summed E-state index contributed by atoms with van der Waals surface area (Å²) in [6.07, 6.45) is 4.24. The van der Waals surface area contributed by atoms with Crippen molar-refractivity contribution in [3.05, 3.63) is 45.8 Å². The van der Waals surface area contributed by atoms with Crippen LogP contribution in [0.25, 0.3) is 0 Å². The van der Waals surface area contributed by atoms with E-state index in [-0.39, 0.29) is 0 Å². The highest BCUT2D eigenvalue weighted by molar-refractivity contribution is 14.1. The molecule has 0 radical (unpaired) electrons. The van der Waals surface area contributed by atoms with E-state index in [1.54, 1.807) is 0 Å². The molecule has 14 heavy (non-hydrogen) atoms. The molecule has 0 atom stereocenters. The van der Waals surface area contributed by atoms with Gasteiger partial charge < -0.3 is 9.80 Å². The monoisotopic (exact) mass is 300 g/mol. The normalized spacial score (nSPS) is 15.3. The standard InChI is InChI=1S/C11H13IN2/c1-13-6-7-14(9-13)8-10-2-4-11(12)5-3-10/h2-7H,8-9H2,1H3. The minimum Gasteiger partial charge on any atom is -0.362 e. The topological polar surface area (TPSA) is 6.48 Å². The lowest BCUT2D eigenvalue weighted by Crippen LogP contribution is -2.21. The van der Waals surface area contributed by atoms with Crippen LogP contribution in [0.5, 0.6) is 0 Å². The Morgan fingerprint density at radius 1 is 1.21 bits per heavy atom. The smallest absolute Gasteiger partial charge is 0.0894 e. The van der Waals surface area contributed by atoms with Crippen LogP contribution >= 0.6 is 22.6 Å².